The third kappa shape index (κ3) is 6.53. The molecule has 0 atom stereocenters. The number of carbonyl (C=O) groups is 1. The normalized spacial score (nSPS) is 13.8. The number of nitriles is 1. The van der Waals surface area contributed by atoms with E-state index in [1.165, 1.54) is 22.4 Å². The quantitative estimate of drug-likeness (QED) is 0.260. The molecule has 5 rings (SSSR count). The predicted molar refractivity (Wildman–Crippen MR) is 149 cm³/mol. The smallest absolute Gasteiger partial charge is 0.404 e. The zero-order chi connectivity index (χ0) is 29.1. The van der Waals surface area contributed by atoms with Gasteiger partial charge >= 0.3 is 12.4 Å². The van der Waals surface area contributed by atoms with Crippen molar-refractivity contribution in [2.45, 2.75) is 32.8 Å². The number of rotatable bonds is 6. The number of hydrogen-bond donors (Lipinski definition) is 1. The van der Waals surface area contributed by atoms with E-state index in [0.717, 1.165) is 17.2 Å². The third-order valence-electron chi connectivity index (χ3n) is 6.86. The standard InChI is InChI=1S/C30H25ClF3N5O2/c1-19-4-6-20(7-5-19)3-2-11-38-12-9-25-24(18-38)23-14-22(16-35)27(41-30(32,33)34)15-26(23)39(25)29(40)37-17-21-8-10-36-28(31)13-21/h2-8,10,13-15H,9,11-12,17-18H2,1H3,(H,37,40)/b3-2+. The molecule has 1 N–H and O–H groups in total. The molecule has 1 amide bonds. The minimum atomic E-state index is -5.00. The molecule has 2 aromatic heterocycles. The molecule has 2 aromatic carbocycles. The van der Waals surface area contributed by atoms with Gasteiger partial charge in [0.2, 0.25) is 0 Å². The summed E-state index contributed by atoms with van der Waals surface area (Å²) in [6, 6.07) is 15.2. The Labute approximate surface area is 239 Å². The average Bonchev–Trinajstić information content (AvgIpc) is 3.24. The van der Waals surface area contributed by atoms with Crippen LogP contribution in [0, 0.1) is 18.3 Å². The number of amides is 1. The minimum Gasteiger partial charge on any atom is -0.404 e. The fourth-order valence-corrected chi connectivity index (χ4v) is 5.14. The van der Waals surface area contributed by atoms with Crippen molar-refractivity contribution in [2.24, 2.45) is 0 Å². The first-order valence-corrected chi connectivity index (χ1v) is 13.2. The minimum absolute atomic E-state index is 0.133. The van der Waals surface area contributed by atoms with Crippen LogP contribution in [0.4, 0.5) is 18.0 Å². The Morgan fingerprint density at radius 2 is 2.00 bits per heavy atom. The first-order valence-electron chi connectivity index (χ1n) is 12.8. The Bertz CT molecular complexity index is 1670. The second kappa shape index (κ2) is 11.6. The molecule has 1 aliphatic rings. The molecule has 0 spiro atoms. The lowest BCUT2D eigenvalue weighted by Crippen LogP contribution is -2.34. The number of aryl methyl sites for hydroxylation is 1. The summed E-state index contributed by atoms with van der Waals surface area (Å²) < 4.78 is 45.0. The number of halogens is 4. The van der Waals surface area contributed by atoms with Gasteiger partial charge in [0.25, 0.3) is 0 Å². The third-order valence-corrected chi connectivity index (χ3v) is 7.07. The van der Waals surface area contributed by atoms with Crippen LogP contribution in [0.2, 0.25) is 5.15 Å². The van der Waals surface area contributed by atoms with E-state index in [1.54, 1.807) is 18.2 Å². The van der Waals surface area contributed by atoms with Crippen LogP contribution < -0.4 is 10.1 Å². The summed E-state index contributed by atoms with van der Waals surface area (Å²) in [5, 5.41) is 13.2. The summed E-state index contributed by atoms with van der Waals surface area (Å²) in [4.78, 5) is 19.6. The molecule has 1 aliphatic heterocycles. The summed E-state index contributed by atoms with van der Waals surface area (Å²) in [7, 11) is 0. The first kappa shape index (κ1) is 28.2. The van der Waals surface area contributed by atoms with Gasteiger partial charge in [0.1, 0.15) is 17.0 Å². The van der Waals surface area contributed by atoms with E-state index in [0.29, 0.717) is 42.7 Å². The molecule has 0 saturated heterocycles. The van der Waals surface area contributed by atoms with Crippen LogP contribution in [-0.2, 0) is 19.5 Å². The van der Waals surface area contributed by atoms with Crippen LogP contribution in [0.1, 0.15) is 33.5 Å². The van der Waals surface area contributed by atoms with Crippen LogP contribution in [0.5, 0.6) is 5.75 Å². The lowest BCUT2D eigenvalue weighted by molar-refractivity contribution is -0.274. The fourth-order valence-electron chi connectivity index (χ4n) is 4.95. The van der Waals surface area contributed by atoms with Crippen molar-refractivity contribution in [2.75, 3.05) is 13.1 Å². The Morgan fingerprint density at radius 3 is 2.71 bits per heavy atom. The van der Waals surface area contributed by atoms with Gasteiger partial charge in [-0.2, -0.15) is 5.26 Å². The highest BCUT2D eigenvalue weighted by Crippen LogP contribution is 2.37. The van der Waals surface area contributed by atoms with Crippen molar-refractivity contribution in [3.8, 4) is 11.8 Å². The van der Waals surface area contributed by atoms with Crippen LogP contribution >= 0.6 is 11.6 Å². The van der Waals surface area contributed by atoms with Gasteiger partial charge in [-0.15, -0.1) is 13.2 Å². The molecule has 11 heteroatoms. The Balaban J connectivity index is 1.48. The number of nitrogens with one attached hydrogen (secondary N) is 1. The Morgan fingerprint density at radius 1 is 1.22 bits per heavy atom. The van der Waals surface area contributed by atoms with Crippen LogP contribution in [-0.4, -0.2) is 39.9 Å². The molecule has 0 radical (unpaired) electrons. The number of alkyl halides is 3. The number of pyridine rings is 1. The molecule has 41 heavy (non-hydrogen) atoms. The number of aromatic nitrogens is 2. The number of nitrogens with zero attached hydrogens (tertiary/aromatic N) is 4. The molecule has 4 aromatic rings. The average molecular weight is 580 g/mol. The second-order valence-electron chi connectivity index (χ2n) is 9.73. The lowest BCUT2D eigenvalue weighted by atomic mass is 10.0. The largest absolute Gasteiger partial charge is 0.573 e. The molecule has 210 valence electrons. The number of hydrogen-bond acceptors (Lipinski definition) is 5. The SMILES string of the molecule is Cc1ccc(/C=C/CN2CCc3c(c4cc(C#N)c(OC(F)(F)F)cc4n3C(=O)NCc3ccnc(Cl)c3)C2)cc1. The van der Waals surface area contributed by atoms with E-state index in [2.05, 4.69) is 26.0 Å². The van der Waals surface area contributed by atoms with Gasteiger partial charge in [0, 0.05) is 55.9 Å². The maximum absolute atomic E-state index is 13.5. The van der Waals surface area contributed by atoms with Crippen molar-refractivity contribution >= 4 is 34.6 Å². The van der Waals surface area contributed by atoms with E-state index in [4.69, 9.17) is 11.6 Å². The Kier molecular flexibility index (Phi) is 8.01. The highest BCUT2D eigenvalue weighted by atomic mass is 35.5. The van der Waals surface area contributed by atoms with Gasteiger partial charge in [-0.1, -0.05) is 53.6 Å². The van der Waals surface area contributed by atoms with Crippen molar-refractivity contribution in [3.05, 3.63) is 99.5 Å². The summed E-state index contributed by atoms with van der Waals surface area (Å²) in [5.41, 5.74) is 4.39. The summed E-state index contributed by atoms with van der Waals surface area (Å²) in [6.45, 7) is 3.88. The monoisotopic (exact) mass is 579 g/mol. The zero-order valence-electron chi connectivity index (χ0n) is 22.0. The molecular weight excluding hydrogens is 555 g/mol. The van der Waals surface area contributed by atoms with Gasteiger partial charge < -0.3 is 10.1 Å². The van der Waals surface area contributed by atoms with Gasteiger partial charge in [-0.25, -0.2) is 9.78 Å². The van der Waals surface area contributed by atoms with Gasteiger partial charge in [-0.3, -0.25) is 9.47 Å². The van der Waals surface area contributed by atoms with Crippen LogP contribution in [0.3, 0.4) is 0 Å². The van der Waals surface area contributed by atoms with E-state index in [-0.39, 0.29) is 22.8 Å². The highest BCUT2D eigenvalue weighted by Gasteiger charge is 2.34. The van der Waals surface area contributed by atoms with Crippen LogP contribution in [0.25, 0.3) is 17.0 Å². The van der Waals surface area contributed by atoms with E-state index < -0.39 is 18.1 Å². The van der Waals surface area contributed by atoms with Crippen LogP contribution in [0.15, 0.2) is 60.8 Å². The number of carbonyl (C=O) groups excluding carboxylic acids is 1. The highest BCUT2D eigenvalue weighted by molar-refractivity contribution is 6.29. The fraction of sp³-hybridized carbons (Fsp3) is 0.233. The molecule has 0 saturated carbocycles. The molecule has 0 fully saturated rings. The topological polar surface area (TPSA) is 83.2 Å². The predicted octanol–water partition coefficient (Wildman–Crippen LogP) is 6.60. The van der Waals surface area contributed by atoms with Crippen molar-refractivity contribution in [1.82, 2.24) is 19.8 Å². The maximum Gasteiger partial charge on any atom is 0.573 e. The van der Waals surface area contributed by atoms with Gasteiger partial charge in [0.05, 0.1) is 11.1 Å². The van der Waals surface area contributed by atoms with E-state index in [9.17, 15) is 23.2 Å². The number of benzene rings is 2. The molecule has 7 nitrogen and oxygen atoms in total. The molecule has 0 bridgehead atoms. The molecule has 3 heterocycles. The summed E-state index contributed by atoms with van der Waals surface area (Å²) in [6.07, 6.45) is 1.08. The number of ether oxygens (including phenoxy) is 1. The first-order chi connectivity index (χ1) is 19.6. The van der Waals surface area contributed by atoms with Gasteiger partial charge in [-0.05, 0) is 41.8 Å². The molecule has 0 unspecified atom stereocenters. The van der Waals surface area contributed by atoms with E-state index >= 15 is 0 Å². The van der Waals surface area contributed by atoms with Crippen molar-refractivity contribution < 1.29 is 22.7 Å². The van der Waals surface area contributed by atoms with Crippen molar-refractivity contribution in [3.63, 3.8) is 0 Å². The lowest BCUT2D eigenvalue weighted by Gasteiger charge is -2.27. The maximum atomic E-state index is 13.5. The second-order valence-corrected chi connectivity index (χ2v) is 10.1. The molecular formula is C30H25ClF3N5O2. The van der Waals surface area contributed by atoms with Gasteiger partial charge in [0.15, 0.2) is 0 Å². The zero-order valence-corrected chi connectivity index (χ0v) is 22.8. The number of fused-ring (bicyclic) bond motifs is 3. The Hall–Kier alpha value is -4.33. The van der Waals surface area contributed by atoms with E-state index in [1.807, 2.05) is 37.3 Å². The summed E-state index contributed by atoms with van der Waals surface area (Å²) >= 11 is 5.95. The van der Waals surface area contributed by atoms with Crippen molar-refractivity contribution in [1.29, 1.82) is 5.26 Å². The molecule has 0 aliphatic carbocycles. The summed E-state index contributed by atoms with van der Waals surface area (Å²) in [5.74, 6) is -0.657.